The van der Waals surface area contributed by atoms with Crippen LogP contribution in [-0.2, 0) is 19.3 Å². The summed E-state index contributed by atoms with van der Waals surface area (Å²) >= 11 is 0. The summed E-state index contributed by atoms with van der Waals surface area (Å²) in [5, 5.41) is 0. The zero-order chi connectivity index (χ0) is 14.3. The fraction of sp³-hybridized carbons (Fsp3) is 0.538. The number of methoxy groups -OCH3 is 1. The van der Waals surface area contributed by atoms with E-state index in [0.717, 1.165) is 12.0 Å². The van der Waals surface area contributed by atoms with Crippen molar-refractivity contribution in [2.45, 2.75) is 18.2 Å². The second kappa shape index (κ2) is 7.47. The summed E-state index contributed by atoms with van der Waals surface area (Å²) in [5.74, 6) is -0.0245. The van der Waals surface area contributed by atoms with Crippen molar-refractivity contribution in [3.8, 4) is 0 Å². The Labute approximate surface area is 114 Å². The maximum Gasteiger partial charge on any atom is 0.180 e. The first-order chi connectivity index (χ1) is 8.97. The first kappa shape index (κ1) is 15.9. The molecule has 0 aliphatic carbocycles. The van der Waals surface area contributed by atoms with E-state index in [2.05, 4.69) is 0 Å². The summed E-state index contributed by atoms with van der Waals surface area (Å²) < 4.78 is 34.2. The Bertz CT molecular complexity index is 499. The Kier molecular flexibility index (Phi) is 6.27. The Morgan fingerprint density at radius 3 is 2.58 bits per heavy atom. The molecule has 2 N–H and O–H groups in total. The Morgan fingerprint density at radius 2 is 1.95 bits per heavy atom. The lowest BCUT2D eigenvalue weighted by molar-refractivity contribution is 0.112. The monoisotopic (exact) mass is 287 g/mol. The molecule has 1 aromatic carbocycles. The number of hydrogen-bond acceptors (Lipinski definition) is 5. The van der Waals surface area contributed by atoms with Gasteiger partial charge < -0.3 is 15.2 Å². The quantitative estimate of drug-likeness (QED) is 0.577. The van der Waals surface area contributed by atoms with E-state index >= 15 is 0 Å². The Morgan fingerprint density at radius 1 is 1.21 bits per heavy atom. The van der Waals surface area contributed by atoms with Gasteiger partial charge in [-0.15, -0.1) is 0 Å². The van der Waals surface area contributed by atoms with Crippen LogP contribution in [0.5, 0.6) is 0 Å². The number of anilines is 1. The standard InChI is InChI=1S/C13H21NO4S/c1-11-10-12(4-5-13(11)14)19(15,16)9-8-18-7-3-6-17-2/h4-5,10H,3,6-9,14H2,1-2H3. The highest BCUT2D eigenvalue weighted by molar-refractivity contribution is 7.91. The number of benzene rings is 1. The molecule has 0 aliphatic rings. The molecular weight excluding hydrogens is 266 g/mol. The molecule has 0 saturated heterocycles. The van der Waals surface area contributed by atoms with Gasteiger partial charge in [0.1, 0.15) is 0 Å². The van der Waals surface area contributed by atoms with E-state index in [1.54, 1.807) is 26.2 Å². The van der Waals surface area contributed by atoms with E-state index in [4.69, 9.17) is 15.2 Å². The van der Waals surface area contributed by atoms with Crippen LogP contribution in [0.15, 0.2) is 23.1 Å². The predicted octanol–water partition coefficient (Wildman–Crippen LogP) is 1.40. The fourth-order valence-corrected chi connectivity index (χ4v) is 2.74. The number of nitrogen functional groups attached to an aromatic ring is 1. The fourth-order valence-electron chi connectivity index (χ4n) is 1.54. The first-order valence-electron chi connectivity index (χ1n) is 6.13. The van der Waals surface area contributed by atoms with Crippen molar-refractivity contribution in [2.24, 2.45) is 0 Å². The van der Waals surface area contributed by atoms with E-state index in [-0.39, 0.29) is 12.4 Å². The molecule has 0 radical (unpaired) electrons. The third-order valence-electron chi connectivity index (χ3n) is 2.73. The highest BCUT2D eigenvalue weighted by Gasteiger charge is 2.14. The molecule has 0 aliphatic heterocycles. The molecule has 1 rings (SSSR count). The van der Waals surface area contributed by atoms with Gasteiger partial charge in [0, 0.05) is 26.0 Å². The molecule has 6 heteroatoms. The maximum atomic E-state index is 12.0. The minimum atomic E-state index is -3.30. The number of nitrogens with two attached hydrogens (primary N) is 1. The third-order valence-corrected chi connectivity index (χ3v) is 4.41. The zero-order valence-electron chi connectivity index (χ0n) is 11.4. The smallest absolute Gasteiger partial charge is 0.180 e. The van der Waals surface area contributed by atoms with Crippen LogP contribution in [0.1, 0.15) is 12.0 Å². The van der Waals surface area contributed by atoms with Gasteiger partial charge in [0.05, 0.1) is 17.3 Å². The molecule has 5 nitrogen and oxygen atoms in total. The molecule has 19 heavy (non-hydrogen) atoms. The molecule has 0 fully saturated rings. The molecule has 1 aromatic rings. The van der Waals surface area contributed by atoms with Crippen molar-refractivity contribution < 1.29 is 17.9 Å². The van der Waals surface area contributed by atoms with Gasteiger partial charge in [0.15, 0.2) is 9.84 Å². The van der Waals surface area contributed by atoms with Gasteiger partial charge in [-0.1, -0.05) is 0 Å². The second-order valence-corrected chi connectivity index (χ2v) is 6.41. The van der Waals surface area contributed by atoms with Gasteiger partial charge in [-0.05, 0) is 37.1 Å². The highest BCUT2D eigenvalue weighted by atomic mass is 32.2. The van der Waals surface area contributed by atoms with Crippen molar-refractivity contribution in [1.82, 2.24) is 0 Å². The Balaban J connectivity index is 2.49. The van der Waals surface area contributed by atoms with Crippen LogP contribution in [0.4, 0.5) is 5.69 Å². The number of rotatable bonds is 8. The highest BCUT2D eigenvalue weighted by Crippen LogP contribution is 2.17. The number of aryl methyl sites for hydroxylation is 1. The average Bonchev–Trinajstić information content (AvgIpc) is 2.36. The van der Waals surface area contributed by atoms with E-state index < -0.39 is 9.84 Å². The topological polar surface area (TPSA) is 78.6 Å². The van der Waals surface area contributed by atoms with Crippen LogP contribution in [0.25, 0.3) is 0 Å². The lowest BCUT2D eigenvalue weighted by Gasteiger charge is -2.07. The predicted molar refractivity (Wildman–Crippen MR) is 75.0 cm³/mol. The molecule has 0 bridgehead atoms. The molecule has 0 saturated carbocycles. The largest absolute Gasteiger partial charge is 0.399 e. The minimum absolute atomic E-state index is 0.0245. The van der Waals surface area contributed by atoms with Crippen LogP contribution in [0.3, 0.4) is 0 Å². The summed E-state index contributed by atoms with van der Waals surface area (Å²) in [6.07, 6.45) is 0.761. The van der Waals surface area contributed by atoms with E-state index in [1.165, 1.54) is 6.07 Å². The number of ether oxygens (including phenoxy) is 2. The van der Waals surface area contributed by atoms with Crippen LogP contribution in [-0.4, -0.2) is 41.1 Å². The molecule has 0 aromatic heterocycles. The second-order valence-electron chi connectivity index (χ2n) is 4.30. The number of hydrogen-bond donors (Lipinski definition) is 1. The lowest BCUT2D eigenvalue weighted by atomic mass is 10.2. The van der Waals surface area contributed by atoms with Crippen LogP contribution in [0.2, 0.25) is 0 Å². The van der Waals surface area contributed by atoms with Crippen molar-refractivity contribution in [3.63, 3.8) is 0 Å². The maximum absolute atomic E-state index is 12.0. The summed E-state index contributed by atoms with van der Waals surface area (Å²) in [6, 6.07) is 4.74. The normalized spacial score (nSPS) is 11.7. The van der Waals surface area contributed by atoms with E-state index in [1.807, 2.05) is 0 Å². The molecular formula is C13H21NO4S. The average molecular weight is 287 g/mol. The lowest BCUT2D eigenvalue weighted by Crippen LogP contribution is -2.13. The zero-order valence-corrected chi connectivity index (χ0v) is 12.2. The van der Waals surface area contributed by atoms with Gasteiger partial charge in [0.25, 0.3) is 0 Å². The van der Waals surface area contributed by atoms with Crippen molar-refractivity contribution in [2.75, 3.05) is 38.4 Å². The minimum Gasteiger partial charge on any atom is -0.399 e. The van der Waals surface area contributed by atoms with Crippen molar-refractivity contribution in [1.29, 1.82) is 0 Å². The van der Waals surface area contributed by atoms with E-state index in [0.29, 0.717) is 23.8 Å². The van der Waals surface area contributed by atoms with Crippen LogP contribution >= 0.6 is 0 Å². The molecule has 108 valence electrons. The van der Waals surface area contributed by atoms with Gasteiger partial charge in [-0.25, -0.2) is 8.42 Å². The molecule has 0 amide bonds. The van der Waals surface area contributed by atoms with Crippen LogP contribution < -0.4 is 5.73 Å². The molecule has 0 spiro atoms. The van der Waals surface area contributed by atoms with Crippen molar-refractivity contribution in [3.05, 3.63) is 23.8 Å². The number of sulfone groups is 1. The summed E-state index contributed by atoms with van der Waals surface area (Å²) in [5.41, 5.74) is 7.03. The summed E-state index contributed by atoms with van der Waals surface area (Å²) in [6.45, 7) is 3.10. The van der Waals surface area contributed by atoms with Gasteiger partial charge in [-0.2, -0.15) is 0 Å². The third kappa shape index (κ3) is 5.18. The van der Waals surface area contributed by atoms with Crippen LogP contribution in [0, 0.1) is 6.92 Å². The van der Waals surface area contributed by atoms with Gasteiger partial charge in [0.2, 0.25) is 0 Å². The van der Waals surface area contributed by atoms with Crippen molar-refractivity contribution >= 4 is 15.5 Å². The van der Waals surface area contributed by atoms with Gasteiger partial charge >= 0.3 is 0 Å². The van der Waals surface area contributed by atoms with E-state index in [9.17, 15) is 8.42 Å². The molecule has 0 heterocycles. The molecule has 0 unspecified atom stereocenters. The summed E-state index contributed by atoms with van der Waals surface area (Å²) in [7, 11) is -1.69. The first-order valence-corrected chi connectivity index (χ1v) is 7.78. The van der Waals surface area contributed by atoms with Gasteiger partial charge in [-0.3, -0.25) is 0 Å². The SMILES string of the molecule is COCCCOCCS(=O)(=O)c1ccc(N)c(C)c1. The summed E-state index contributed by atoms with van der Waals surface area (Å²) in [4.78, 5) is 0.291. The molecule has 0 atom stereocenters. The Hall–Kier alpha value is -1.11.